The molecule has 0 spiro atoms. The van der Waals surface area contributed by atoms with Crippen molar-refractivity contribution in [3.8, 4) is 0 Å². The van der Waals surface area contributed by atoms with Crippen molar-refractivity contribution in [1.82, 2.24) is 15.3 Å². The summed E-state index contributed by atoms with van der Waals surface area (Å²) in [6, 6.07) is 11.6. The van der Waals surface area contributed by atoms with Crippen LogP contribution >= 0.6 is 0 Å². The number of imidazole rings is 1. The minimum absolute atomic E-state index is 0.00406. The van der Waals surface area contributed by atoms with Crippen LogP contribution in [0.25, 0.3) is 11.0 Å². The number of amides is 1. The number of nitrogens with one attached hydrogen (secondary N) is 3. The van der Waals surface area contributed by atoms with Crippen LogP contribution in [0.3, 0.4) is 0 Å². The largest absolute Gasteiger partial charge is 0.352 e. The molecule has 3 N–H and O–H groups in total. The molecule has 0 saturated carbocycles. The van der Waals surface area contributed by atoms with Crippen molar-refractivity contribution in [3.05, 3.63) is 69.9 Å². The van der Waals surface area contributed by atoms with Crippen molar-refractivity contribution in [1.29, 1.82) is 0 Å². The number of benzene rings is 2. The maximum atomic E-state index is 13.5. The van der Waals surface area contributed by atoms with Gasteiger partial charge in [0.05, 0.1) is 17.5 Å². The van der Waals surface area contributed by atoms with Crippen LogP contribution in [0.5, 0.6) is 0 Å². The third kappa shape index (κ3) is 3.06. The van der Waals surface area contributed by atoms with Gasteiger partial charge in [0.2, 0.25) is 5.91 Å². The van der Waals surface area contributed by atoms with Crippen molar-refractivity contribution in [2.75, 3.05) is 0 Å². The molecule has 0 atom stereocenters. The Hall–Kier alpha value is -2.89. The average Bonchev–Trinajstić information content (AvgIpc) is 2.87. The van der Waals surface area contributed by atoms with Gasteiger partial charge in [-0.05, 0) is 29.3 Å². The van der Waals surface area contributed by atoms with Gasteiger partial charge in [0, 0.05) is 6.54 Å². The summed E-state index contributed by atoms with van der Waals surface area (Å²) < 4.78 is 13.5. The third-order valence-corrected chi connectivity index (χ3v) is 3.38. The van der Waals surface area contributed by atoms with Crippen molar-refractivity contribution in [3.63, 3.8) is 0 Å². The molecule has 2 aromatic carbocycles. The zero-order valence-electron chi connectivity index (χ0n) is 11.7. The van der Waals surface area contributed by atoms with E-state index in [0.717, 1.165) is 5.56 Å². The summed E-state index contributed by atoms with van der Waals surface area (Å²) in [7, 11) is 0. The van der Waals surface area contributed by atoms with Crippen LogP contribution in [0.2, 0.25) is 0 Å². The van der Waals surface area contributed by atoms with E-state index in [-0.39, 0.29) is 23.8 Å². The summed E-state index contributed by atoms with van der Waals surface area (Å²) in [6.07, 6.45) is -0.00406. The molecule has 0 unspecified atom stereocenters. The highest BCUT2D eigenvalue weighted by molar-refractivity contribution is 5.79. The van der Waals surface area contributed by atoms with Gasteiger partial charge in [-0.1, -0.05) is 24.3 Å². The van der Waals surface area contributed by atoms with E-state index in [1.54, 1.807) is 30.3 Å². The smallest absolute Gasteiger partial charge is 0.323 e. The fraction of sp³-hybridized carbons (Fsp3) is 0.125. The van der Waals surface area contributed by atoms with Gasteiger partial charge in [0.1, 0.15) is 5.82 Å². The van der Waals surface area contributed by atoms with Crippen molar-refractivity contribution in [2.45, 2.75) is 13.0 Å². The molecule has 0 bridgehead atoms. The quantitative estimate of drug-likeness (QED) is 0.687. The minimum atomic E-state index is -0.385. The first-order chi connectivity index (χ1) is 10.6. The summed E-state index contributed by atoms with van der Waals surface area (Å²) in [4.78, 5) is 28.4. The van der Waals surface area contributed by atoms with E-state index in [1.165, 1.54) is 6.07 Å². The number of rotatable bonds is 4. The van der Waals surface area contributed by atoms with Gasteiger partial charge in [-0.25, -0.2) is 9.18 Å². The van der Waals surface area contributed by atoms with E-state index in [2.05, 4.69) is 15.3 Å². The second-order valence-electron chi connectivity index (χ2n) is 5.00. The molecule has 5 nitrogen and oxygen atoms in total. The second-order valence-corrected chi connectivity index (χ2v) is 5.00. The van der Waals surface area contributed by atoms with E-state index in [9.17, 15) is 14.0 Å². The molecule has 6 heteroatoms. The van der Waals surface area contributed by atoms with Gasteiger partial charge >= 0.3 is 5.69 Å². The molecule has 0 fully saturated rings. The van der Waals surface area contributed by atoms with Gasteiger partial charge in [0.25, 0.3) is 0 Å². The van der Waals surface area contributed by atoms with E-state index in [0.29, 0.717) is 23.1 Å². The summed E-state index contributed by atoms with van der Waals surface area (Å²) in [5.74, 6) is -0.642. The molecule has 22 heavy (non-hydrogen) atoms. The third-order valence-electron chi connectivity index (χ3n) is 3.38. The van der Waals surface area contributed by atoms with E-state index in [1.807, 2.05) is 6.07 Å². The summed E-state index contributed by atoms with van der Waals surface area (Å²) >= 11 is 0. The number of halogens is 1. The van der Waals surface area contributed by atoms with E-state index < -0.39 is 0 Å². The fourth-order valence-corrected chi connectivity index (χ4v) is 2.27. The summed E-state index contributed by atoms with van der Waals surface area (Å²) in [5.41, 5.74) is 2.35. The number of H-pyrrole nitrogens is 2. The van der Waals surface area contributed by atoms with Gasteiger partial charge in [-0.15, -0.1) is 0 Å². The van der Waals surface area contributed by atoms with Crippen molar-refractivity contribution in [2.24, 2.45) is 0 Å². The molecule has 0 radical (unpaired) electrons. The molecule has 0 aliphatic rings. The van der Waals surface area contributed by atoms with Gasteiger partial charge in [-0.2, -0.15) is 0 Å². The Morgan fingerprint density at radius 3 is 2.68 bits per heavy atom. The normalized spacial score (nSPS) is 10.8. The van der Waals surface area contributed by atoms with E-state index >= 15 is 0 Å². The number of hydrogen-bond donors (Lipinski definition) is 3. The Morgan fingerprint density at radius 2 is 1.86 bits per heavy atom. The van der Waals surface area contributed by atoms with Crippen LogP contribution in [-0.2, 0) is 17.8 Å². The number of carbonyl (C=O) groups is 1. The first kappa shape index (κ1) is 14.1. The molecule has 3 rings (SSSR count). The Bertz CT molecular complexity index is 882. The summed E-state index contributed by atoms with van der Waals surface area (Å²) in [6.45, 7) is 0.316. The number of aromatic nitrogens is 2. The minimum Gasteiger partial charge on any atom is -0.352 e. The van der Waals surface area contributed by atoms with Crippen LogP contribution in [0.15, 0.2) is 47.3 Å². The summed E-state index contributed by atoms with van der Waals surface area (Å²) in [5, 5.41) is 2.74. The number of aromatic amines is 2. The lowest BCUT2D eigenvalue weighted by atomic mass is 10.1. The predicted octanol–water partition coefficient (Wildman–Crippen LogP) is 1.85. The lowest BCUT2D eigenvalue weighted by Gasteiger charge is -2.06. The molecular formula is C16H14FN3O2. The molecule has 1 amide bonds. The Kier molecular flexibility index (Phi) is 3.74. The van der Waals surface area contributed by atoms with Gasteiger partial charge < -0.3 is 15.3 Å². The molecule has 112 valence electrons. The predicted molar refractivity (Wildman–Crippen MR) is 80.9 cm³/mol. The van der Waals surface area contributed by atoms with Crippen molar-refractivity contribution >= 4 is 16.9 Å². The number of carbonyl (C=O) groups excluding carboxylic acids is 1. The highest BCUT2D eigenvalue weighted by atomic mass is 19.1. The molecule has 1 heterocycles. The van der Waals surface area contributed by atoms with Crippen LogP contribution in [0.4, 0.5) is 4.39 Å². The Balaban J connectivity index is 1.64. The van der Waals surface area contributed by atoms with E-state index in [4.69, 9.17) is 0 Å². The van der Waals surface area contributed by atoms with Crippen LogP contribution in [-0.4, -0.2) is 15.9 Å². The lowest BCUT2D eigenvalue weighted by Crippen LogP contribution is -2.24. The van der Waals surface area contributed by atoms with Crippen LogP contribution < -0.4 is 11.0 Å². The fourth-order valence-electron chi connectivity index (χ4n) is 2.27. The van der Waals surface area contributed by atoms with Gasteiger partial charge in [0.15, 0.2) is 0 Å². The molecule has 1 aromatic heterocycles. The molecular weight excluding hydrogens is 285 g/mol. The maximum absolute atomic E-state index is 13.5. The molecule has 0 saturated heterocycles. The average molecular weight is 299 g/mol. The van der Waals surface area contributed by atoms with Crippen molar-refractivity contribution < 1.29 is 9.18 Å². The van der Waals surface area contributed by atoms with Crippen LogP contribution in [0.1, 0.15) is 11.1 Å². The zero-order chi connectivity index (χ0) is 15.5. The molecule has 0 aliphatic heterocycles. The SMILES string of the molecule is O=C(Cc1ccccc1F)NCc1ccc2[nH]c(=O)[nH]c2c1. The highest BCUT2D eigenvalue weighted by Crippen LogP contribution is 2.10. The first-order valence-electron chi connectivity index (χ1n) is 6.83. The highest BCUT2D eigenvalue weighted by Gasteiger charge is 2.07. The van der Waals surface area contributed by atoms with Crippen LogP contribution in [0, 0.1) is 5.82 Å². The Labute approximate surface area is 125 Å². The second kappa shape index (κ2) is 5.85. The zero-order valence-corrected chi connectivity index (χ0v) is 11.7. The molecule has 0 aliphatic carbocycles. The standard InChI is InChI=1S/C16H14FN3O2/c17-12-4-2-1-3-11(12)8-15(21)18-9-10-5-6-13-14(7-10)20-16(22)19-13/h1-7H,8-9H2,(H,18,21)(H2,19,20,22). The topological polar surface area (TPSA) is 77.8 Å². The number of hydrogen-bond acceptors (Lipinski definition) is 2. The Morgan fingerprint density at radius 1 is 1.09 bits per heavy atom. The number of fused-ring (bicyclic) bond motifs is 1. The van der Waals surface area contributed by atoms with Gasteiger partial charge in [-0.3, -0.25) is 4.79 Å². The first-order valence-corrected chi connectivity index (χ1v) is 6.83. The maximum Gasteiger partial charge on any atom is 0.323 e. The monoisotopic (exact) mass is 299 g/mol. The lowest BCUT2D eigenvalue weighted by molar-refractivity contribution is -0.120. The molecule has 3 aromatic rings.